The molecule has 0 aliphatic carbocycles. The van der Waals surface area contributed by atoms with Gasteiger partial charge in [-0.25, -0.2) is 8.42 Å². The summed E-state index contributed by atoms with van der Waals surface area (Å²) in [5.41, 5.74) is 0.959. The number of hydrogen-bond donors (Lipinski definition) is 1. The first kappa shape index (κ1) is 16.5. The Morgan fingerprint density at radius 2 is 2.29 bits per heavy atom. The number of aromatic nitrogens is 1. The van der Waals surface area contributed by atoms with Crippen LogP contribution in [0.15, 0.2) is 17.2 Å². The van der Waals surface area contributed by atoms with Gasteiger partial charge in [-0.3, -0.25) is 0 Å². The van der Waals surface area contributed by atoms with Gasteiger partial charge < -0.3 is 14.6 Å². The third-order valence-corrected chi connectivity index (χ3v) is 5.62. The van der Waals surface area contributed by atoms with E-state index in [1.165, 1.54) is 4.31 Å². The van der Waals surface area contributed by atoms with Crippen molar-refractivity contribution in [3.8, 4) is 0 Å². The summed E-state index contributed by atoms with van der Waals surface area (Å²) in [6.07, 6.45) is 3.64. The summed E-state index contributed by atoms with van der Waals surface area (Å²) in [6.45, 7) is 4.69. The maximum atomic E-state index is 12.6. The van der Waals surface area contributed by atoms with Crippen LogP contribution in [0, 0.1) is 0 Å². The molecule has 1 N–H and O–H groups in total. The van der Waals surface area contributed by atoms with Crippen molar-refractivity contribution in [2.75, 3.05) is 26.7 Å². The van der Waals surface area contributed by atoms with Gasteiger partial charge in [0.15, 0.2) is 0 Å². The monoisotopic (exact) mass is 315 g/mol. The Hall–Kier alpha value is -0.890. The number of rotatable bonds is 7. The van der Waals surface area contributed by atoms with Crippen LogP contribution in [-0.4, -0.2) is 50.1 Å². The second kappa shape index (κ2) is 6.91. The van der Waals surface area contributed by atoms with Crippen molar-refractivity contribution in [1.82, 2.24) is 14.2 Å². The van der Waals surface area contributed by atoms with Crippen LogP contribution in [0.1, 0.15) is 25.5 Å². The zero-order valence-electron chi connectivity index (χ0n) is 13.0. The van der Waals surface area contributed by atoms with E-state index in [9.17, 15) is 8.42 Å². The average molecular weight is 315 g/mol. The van der Waals surface area contributed by atoms with Crippen LogP contribution < -0.4 is 5.32 Å². The lowest BCUT2D eigenvalue weighted by atomic mass is 10.2. The van der Waals surface area contributed by atoms with Crippen LogP contribution in [0.3, 0.4) is 0 Å². The Kier molecular flexibility index (Phi) is 5.43. The number of likely N-dealkylation sites (N-methyl/N-ethyl adjacent to an activating group) is 1. The van der Waals surface area contributed by atoms with Crippen molar-refractivity contribution in [2.24, 2.45) is 7.05 Å². The first-order valence-electron chi connectivity index (χ1n) is 7.39. The topological polar surface area (TPSA) is 63.6 Å². The minimum absolute atomic E-state index is 0.0229. The first-order valence-corrected chi connectivity index (χ1v) is 8.83. The molecule has 0 saturated carbocycles. The second-order valence-electron chi connectivity index (χ2n) is 5.48. The quantitative estimate of drug-likeness (QED) is 0.813. The number of ether oxygens (including phenoxy) is 1. The molecule has 0 spiro atoms. The molecule has 1 fully saturated rings. The van der Waals surface area contributed by atoms with Gasteiger partial charge in [-0.15, -0.1) is 0 Å². The van der Waals surface area contributed by atoms with Crippen molar-refractivity contribution in [3.63, 3.8) is 0 Å². The van der Waals surface area contributed by atoms with E-state index < -0.39 is 10.0 Å². The fraction of sp³-hybridized carbons (Fsp3) is 0.714. The third-order valence-electron chi connectivity index (χ3n) is 3.83. The number of aryl methyl sites for hydroxylation is 1. The lowest BCUT2D eigenvalue weighted by Gasteiger charge is -2.19. The highest BCUT2D eigenvalue weighted by Gasteiger charge is 2.27. The SMILES string of the molecule is CCNCc1cc(S(=O)(=O)N(C)CC2CCCO2)cn1C. The van der Waals surface area contributed by atoms with Crippen LogP contribution in [0.2, 0.25) is 0 Å². The molecule has 0 bridgehead atoms. The fourth-order valence-corrected chi connectivity index (χ4v) is 3.80. The van der Waals surface area contributed by atoms with Crippen LogP contribution in [0.5, 0.6) is 0 Å². The molecule has 1 aromatic heterocycles. The van der Waals surface area contributed by atoms with Gasteiger partial charge in [0.1, 0.15) is 4.90 Å². The molecular formula is C14H25N3O3S. The lowest BCUT2D eigenvalue weighted by Crippen LogP contribution is -2.33. The summed E-state index contributed by atoms with van der Waals surface area (Å²) >= 11 is 0. The molecule has 0 radical (unpaired) electrons. The molecule has 120 valence electrons. The molecule has 0 amide bonds. The third kappa shape index (κ3) is 3.85. The summed E-state index contributed by atoms with van der Waals surface area (Å²) in [6, 6.07) is 1.74. The largest absolute Gasteiger partial charge is 0.377 e. The van der Waals surface area contributed by atoms with Gasteiger partial charge in [-0.1, -0.05) is 6.92 Å². The van der Waals surface area contributed by atoms with Crippen molar-refractivity contribution in [1.29, 1.82) is 0 Å². The smallest absolute Gasteiger partial charge is 0.244 e. The highest BCUT2D eigenvalue weighted by atomic mass is 32.2. The van der Waals surface area contributed by atoms with Crippen molar-refractivity contribution >= 4 is 10.0 Å². The van der Waals surface area contributed by atoms with E-state index in [1.54, 1.807) is 19.3 Å². The van der Waals surface area contributed by atoms with E-state index in [0.717, 1.165) is 31.7 Å². The Morgan fingerprint density at radius 1 is 1.52 bits per heavy atom. The molecule has 1 aromatic rings. The summed E-state index contributed by atoms with van der Waals surface area (Å²) in [4.78, 5) is 0.346. The predicted octanol–water partition coefficient (Wildman–Crippen LogP) is 0.934. The lowest BCUT2D eigenvalue weighted by molar-refractivity contribution is 0.0979. The van der Waals surface area contributed by atoms with Crippen LogP contribution >= 0.6 is 0 Å². The van der Waals surface area contributed by atoms with Crippen LogP contribution in [-0.2, 0) is 28.4 Å². The van der Waals surface area contributed by atoms with Gasteiger partial charge in [0.25, 0.3) is 0 Å². The molecule has 1 aliphatic rings. The molecule has 0 aromatic carbocycles. The van der Waals surface area contributed by atoms with E-state index in [1.807, 2.05) is 18.5 Å². The highest BCUT2D eigenvalue weighted by Crippen LogP contribution is 2.20. The predicted molar refractivity (Wildman–Crippen MR) is 81.6 cm³/mol. The Morgan fingerprint density at radius 3 is 2.90 bits per heavy atom. The molecule has 1 aliphatic heterocycles. The Balaban J connectivity index is 2.10. The van der Waals surface area contributed by atoms with E-state index in [4.69, 9.17) is 4.74 Å². The molecule has 2 heterocycles. The molecular weight excluding hydrogens is 290 g/mol. The normalized spacial score (nSPS) is 19.5. The zero-order valence-corrected chi connectivity index (χ0v) is 13.8. The van der Waals surface area contributed by atoms with Gasteiger partial charge in [-0.05, 0) is 25.5 Å². The van der Waals surface area contributed by atoms with Gasteiger partial charge in [0, 0.05) is 45.7 Å². The van der Waals surface area contributed by atoms with Gasteiger partial charge in [-0.2, -0.15) is 4.31 Å². The van der Waals surface area contributed by atoms with E-state index in [0.29, 0.717) is 18.0 Å². The molecule has 6 nitrogen and oxygen atoms in total. The molecule has 2 rings (SSSR count). The minimum Gasteiger partial charge on any atom is -0.377 e. The van der Waals surface area contributed by atoms with E-state index >= 15 is 0 Å². The molecule has 1 atom stereocenters. The van der Waals surface area contributed by atoms with E-state index in [-0.39, 0.29) is 6.10 Å². The fourth-order valence-electron chi connectivity index (χ4n) is 2.50. The summed E-state index contributed by atoms with van der Waals surface area (Å²) < 4.78 is 34.0. The zero-order chi connectivity index (χ0) is 15.5. The second-order valence-corrected chi connectivity index (χ2v) is 7.52. The summed E-state index contributed by atoms with van der Waals surface area (Å²) in [5.74, 6) is 0. The standard InChI is InChI=1S/C14H25N3O3S/c1-4-15-9-12-8-14(11-16(12)2)21(18,19)17(3)10-13-6-5-7-20-13/h8,11,13,15H,4-7,9-10H2,1-3H3. The van der Waals surface area contributed by atoms with Crippen LogP contribution in [0.25, 0.3) is 0 Å². The van der Waals surface area contributed by atoms with Gasteiger partial charge in [0.2, 0.25) is 10.0 Å². The Bertz CT molecular complexity index is 562. The number of sulfonamides is 1. The van der Waals surface area contributed by atoms with Crippen molar-refractivity contribution in [2.45, 2.75) is 37.3 Å². The highest BCUT2D eigenvalue weighted by molar-refractivity contribution is 7.89. The summed E-state index contributed by atoms with van der Waals surface area (Å²) in [7, 11) is 0.0374. The number of hydrogen-bond acceptors (Lipinski definition) is 4. The average Bonchev–Trinajstić information content (AvgIpc) is 3.06. The van der Waals surface area contributed by atoms with Crippen molar-refractivity contribution < 1.29 is 13.2 Å². The molecule has 7 heteroatoms. The maximum Gasteiger partial charge on any atom is 0.244 e. The van der Waals surface area contributed by atoms with E-state index in [2.05, 4.69) is 5.32 Å². The van der Waals surface area contributed by atoms with Gasteiger partial charge in [0.05, 0.1) is 6.10 Å². The number of nitrogens with one attached hydrogen (secondary N) is 1. The minimum atomic E-state index is -3.45. The maximum absolute atomic E-state index is 12.6. The number of nitrogens with zero attached hydrogens (tertiary/aromatic N) is 2. The first-order chi connectivity index (χ1) is 9.95. The Labute approximate surface area is 127 Å². The van der Waals surface area contributed by atoms with Gasteiger partial charge >= 0.3 is 0 Å². The van der Waals surface area contributed by atoms with Crippen LogP contribution in [0.4, 0.5) is 0 Å². The van der Waals surface area contributed by atoms with Crippen molar-refractivity contribution in [3.05, 3.63) is 18.0 Å². The molecule has 1 unspecified atom stereocenters. The molecule has 21 heavy (non-hydrogen) atoms. The summed E-state index contributed by atoms with van der Waals surface area (Å²) in [5, 5.41) is 3.21. The molecule has 1 saturated heterocycles.